The predicted octanol–water partition coefficient (Wildman–Crippen LogP) is 1.28. The maximum atomic E-state index is 10.9. The summed E-state index contributed by atoms with van der Waals surface area (Å²) < 4.78 is 4.60. The number of thioether (sulfide) groups is 1. The smallest absolute Gasteiger partial charge is 0.337 e. The van der Waals surface area contributed by atoms with Gasteiger partial charge in [-0.2, -0.15) is 0 Å². The van der Waals surface area contributed by atoms with E-state index in [0.29, 0.717) is 10.5 Å². The first-order valence-electron chi connectivity index (χ1n) is 3.89. The minimum Gasteiger partial charge on any atom is -0.427 e. The first-order chi connectivity index (χ1) is 5.66. The van der Waals surface area contributed by atoms with Gasteiger partial charge in [0.05, 0.1) is 4.91 Å². The Labute approximate surface area is 75.8 Å². The SMILES string of the molecule is CCCSC1=C(C)C(=O)O[C@H]1O. The van der Waals surface area contributed by atoms with Gasteiger partial charge in [-0.1, -0.05) is 6.92 Å². The number of carbonyl (C=O) groups is 1. The second-order valence-electron chi connectivity index (χ2n) is 2.60. The molecule has 4 heteroatoms. The van der Waals surface area contributed by atoms with Crippen LogP contribution >= 0.6 is 11.8 Å². The lowest BCUT2D eigenvalue weighted by molar-refractivity contribution is -0.151. The summed E-state index contributed by atoms with van der Waals surface area (Å²) in [6, 6.07) is 0. The molecule has 0 aromatic carbocycles. The van der Waals surface area contributed by atoms with Crippen molar-refractivity contribution in [2.75, 3.05) is 5.75 Å². The van der Waals surface area contributed by atoms with Crippen LogP contribution < -0.4 is 0 Å². The predicted molar refractivity (Wildman–Crippen MR) is 47.5 cm³/mol. The lowest BCUT2D eigenvalue weighted by Gasteiger charge is -2.05. The fourth-order valence-corrected chi connectivity index (χ4v) is 1.84. The monoisotopic (exact) mass is 188 g/mol. The van der Waals surface area contributed by atoms with Crippen molar-refractivity contribution in [2.24, 2.45) is 0 Å². The summed E-state index contributed by atoms with van der Waals surface area (Å²) in [5, 5.41) is 9.23. The first kappa shape index (κ1) is 9.61. The maximum absolute atomic E-state index is 10.9. The topological polar surface area (TPSA) is 46.5 Å². The van der Waals surface area contributed by atoms with E-state index in [1.54, 1.807) is 6.92 Å². The molecule has 1 atom stereocenters. The zero-order valence-electron chi connectivity index (χ0n) is 7.16. The van der Waals surface area contributed by atoms with Gasteiger partial charge < -0.3 is 9.84 Å². The largest absolute Gasteiger partial charge is 0.427 e. The van der Waals surface area contributed by atoms with E-state index in [1.807, 2.05) is 6.92 Å². The van der Waals surface area contributed by atoms with Crippen LogP contribution in [-0.4, -0.2) is 23.1 Å². The zero-order chi connectivity index (χ0) is 9.14. The molecule has 0 amide bonds. The Morgan fingerprint density at radius 2 is 2.33 bits per heavy atom. The number of hydrogen-bond acceptors (Lipinski definition) is 4. The Hall–Kier alpha value is -0.480. The minimum atomic E-state index is -1.02. The van der Waals surface area contributed by atoms with E-state index in [2.05, 4.69) is 4.74 Å². The van der Waals surface area contributed by atoms with Gasteiger partial charge in [-0.25, -0.2) is 4.79 Å². The van der Waals surface area contributed by atoms with Gasteiger partial charge in [0.1, 0.15) is 0 Å². The van der Waals surface area contributed by atoms with Gasteiger partial charge in [0.2, 0.25) is 6.29 Å². The Bertz CT molecular complexity index is 222. The summed E-state index contributed by atoms with van der Waals surface area (Å²) >= 11 is 1.49. The Kier molecular flexibility index (Phi) is 3.17. The van der Waals surface area contributed by atoms with Gasteiger partial charge in [0.25, 0.3) is 0 Å². The molecule has 68 valence electrons. The number of aliphatic hydroxyl groups is 1. The molecule has 0 saturated carbocycles. The van der Waals surface area contributed by atoms with Gasteiger partial charge in [0, 0.05) is 5.57 Å². The van der Waals surface area contributed by atoms with E-state index in [0.717, 1.165) is 12.2 Å². The molecule has 0 unspecified atom stereocenters. The van der Waals surface area contributed by atoms with Gasteiger partial charge in [-0.15, -0.1) is 11.8 Å². The first-order valence-corrected chi connectivity index (χ1v) is 4.88. The van der Waals surface area contributed by atoms with Crippen molar-refractivity contribution in [3.63, 3.8) is 0 Å². The van der Waals surface area contributed by atoms with E-state index >= 15 is 0 Å². The second kappa shape index (κ2) is 3.96. The van der Waals surface area contributed by atoms with Crippen molar-refractivity contribution < 1.29 is 14.6 Å². The molecular formula is C8H12O3S. The maximum Gasteiger partial charge on any atom is 0.337 e. The molecule has 1 heterocycles. The molecule has 1 aliphatic heterocycles. The summed E-state index contributed by atoms with van der Waals surface area (Å²) in [6.45, 7) is 3.73. The van der Waals surface area contributed by atoms with E-state index in [9.17, 15) is 9.90 Å². The van der Waals surface area contributed by atoms with Crippen molar-refractivity contribution in [2.45, 2.75) is 26.6 Å². The van der Waals surface area contributed by atoms with Crippen LogP contribution in [0.5, 0.6) is 0 Å². The number of esters is 1. The zero-order valence-corrected chi connectivity index (χ0v) is 7.98. The molecule has 3 nitrogen and oxygen atoms in total. The van der Waals surface area contributed by atoms with Crippen LogP contribution in [-0.2, 0) is 9.53 Å². The van der Waals surface area contributed by atoms with Crippen molar-refractivity contribution in [3.05, 3.63) is 10.5 Å². The number of carbonyl (C=O) groups excluding carboxylic acids is 1. The highest BCUT2D eigenvalue weighted by atomic mass is 32.2. The highest BCUT2D eigenvalue weighted by molar-refractivity contribution is 8.03. The lowest BCUT2D eigenvalue weighted by atomic mass is 10.3. The molecule has 0 fully saturated rings. The van der Waals surface area contributed by atoms with Crippen LogP contribution in [0.15, 0.2) is 10.5 Å². The van der Waals surface area contributed by atoms with Gasteiger partial charge in [0.15, 0.2) is 0 Å². The average Bonchev–Trinajstić information content (AvgIpc) is 2.25. The van der Waals surface area contributed by atoms with Crippen LogP contribution in [0.25, 0.3) is 0 Å². The van der Waals surface area contributed by atoms with Crippen LogP contribution in [0.3, 0.4) is 0 Å². The van der Waals surface area contributed by atoms with Crippen LogP contribution in [0.2, 0.25) is 0 Å². The number of rotatable bonds is 3. The molecule has 1 N–H and O–H groups in total. The van der Waals surface area contributed by atoms with Crippen molar-refractivity contribution >= 4 is 17.7 Å². The van der Waals surface area contributed by atoms with Gasteiger partial charge in [-0.3, -0.25) is 0 Å². The Balaban J connectivity index is 2.65. The molecule has 0 saturated heterocycles. The van der Waals surface area contributed by atoms with Crippen molar-refractivity contribution in [1.82, 2.24) is 0 Å². The van der Waals surface area contributed by atoms with Crippen molar-refractivity contribution in [1.29, 1.82) is 0 Å². The van der Waals surface area contributed by atoms with Crippen molar-refractivity contribution in [3.8, 4) is 0 Å². The number of cyclic esters (lactones) is 1. The quantitative estimate of drug-likeness (QED) is 0.678. The standard InChI is InChI=1S/C8H12O3S/c1-3-4-12-6-5(2)7(9)11-8(6)10/h8,10H,3-4H2,1-2H3/t8-/m1/s1. The van der Waals surface area contributed by atoms with Crippen LogP contribution in [0.1, 0.15) is 20.3 Å². The molecule has 0 aromatic heterocycles. The summed E-state index contributed by atoms with van der Waals surface area (Å²) in [7, 11) is 0. The highest BCUT2D eigenvalue weighted by Gasteiger charge is 2.29. The summed E-state index contributed by atoms with van der Waals surface area (Å²) in [6.07, 6.45) is -0.00317. The normalized spacial score (nSPS) is 23.2. The van der Waals surface area contributed by atoms with E-state index in [1.165, 1.54) is 11.8 Å². The molecular weight excluding hydrogens is 176 g/mol. The number of hydrogen-bond donors (Lipinski definition) is 1. The average molecular weight is 188 g/mol. The summed E-state index contributed by atoms with van der Waals surface area (Å²) in [5.41, 5.74) is 0.543. The lowest BCUT2D eigenvalue weighted by Crippen LogP contribution is -2.08. The molecule has 1 aliphatic rings. The molecule has 0 spiro atoms. The summed E-state index contributed by atoms with van der Waals surface area (Å²) in [4.78, 5) is 11.6. The summed E-state index contributed by atoms with van der Waals surface area (Å²) in [5.74, 6) is 0.501. The van der Waals surface area contributed by atoms with E-state index in [4.69, 9.17) is 0 Å². The minimum absolute atomic E-state index is 0.402. The Morgan fingerprint density at radius 3 is 2.75 bits per heavy atom. The number of aliphatic hydroxyl groups excluding tert-OH is 1. The molecule has 0 aliphatic carbocycles. The molecule has 0 radical (unpaired) electrons. The third-order valence-electron chi connectivity index (χ3n) is 1.58. The van der Waals surface area contributed by atoms with E-state index in [-0.39, 0.29) is 0 Å². The van der Waals surface area contributed by atoms with Crippen LogP contribution in [0.4, 0.5) is 0 Å². The third-order valence-corrected chi connectivity index (χ3v) is 3.01. The fourth-order valence-electron chi connectivity index (χ4n) is 0.921. The fraction of sp³-hybridized carbons (Fsp3) is 0.625. The molecule has 12 heavy (non-hydrogen) atoms. The highest BCUT2D eigenvalue weighted by Crippen LogP contribution is 2.30. The van der Waals surface area contributed by atoms with Crippen LogP contribution in [0, 0.1) is 0 Å². The molecule has 1 rings (SSSR count). The Morgan fingerprint density at radius 1 is 1.67 bits per heavy atom. The van der Waals surface area contributed by atoms with Gasteiger partial charge in [-0.05, 0) is 19.1 Å². The van der Waals surface area contributed by atoms with Gasteiger partial charge >= 0.3 is 5.97 Å². The molecule has 0 bridgehead atoms. The van der Waals surface area contributed by atoms with E-state index < -0.39 is 12.3 Å². The second-order valence-corrected chi connectivity index (χ2v) is 3.73. The number of ether oxygens (including phenoxy) is 1. The third kappa shape index (κ3) is 1.81. The molecule has 0 aromatic rings.